The number of carbonyl (C=O) groups excluding carboxylic acids is 1. The van der Waals surface area contributed by atoms with Gasteiger partial charge in [-0.2, -0.15) is 0 Å². The number of nitrogens with one attached hydrogen (secondary N) is 2. The molecule has 1 amide bonds. The van der Waals surface area contributed by atoms with E-state index < -0.39 is 7.12 Å². The third kappa shape index (κ3) is 7.78. The Balaban J connectivity index is 2.20. The molecule has 0 unspecified atom stereocenters. The van der Waals surface area contributed by atoms with E-state index >= 15 is 0 Å². The number of hydrogen-bond donors (Lipinski definition) is 4. The van der Waals surface area contributed by atoms with Crippen molar-refractivity contribution in [3.63, 3.8) is 0 Å². The Bertz CT molecular complexity index is 490. The number of halogens is 1. The lowest BCUT2D eigenvalue weighted by atomic mass is 9.80. The summed E-state index contributed by atoms with van der Waals surface area (Å²) >= 11 is 5.88. The maximum absolute atomic E-state index is 11.9. The SMILES string of the molecule is CNCCOCCOCCNC(=O)c1ccc(B(O)O)c(Cl)c1. The van der Waals surface area contributed by atoms with Gasteiger partial charge in [-0.1, -0.05) is 17.7 Å². The fourth-order valence-corrected chi connectivity index (χ4v) is 1.99. The van der Waals surface area contributed by atoms with Crippen LogP contribution >= 0.6 is 11.6 Å². The minimum Gasteiger partial charge on any atom is -0.423 e. The van der Waals surface area contributed by atoms with Crippen LogP contribution in [0.25, 0.3) is 0 Å². The smallest absolute Gasteiger partial charge is 0.423 e. The van der Waals surface area contributed by atoms with Gasteiger partial charge < -0.3 is 30.2 Å². The van der Waals surface area contributed by atoms with Crippen LogP contribution in [0.5, 0.6) is 0 Å². The maximum atomic E-state index is 11.9. The van der Waals surface area contributed by atoms with Crippen LogP contribution in [0.1, 0.15) is 10.4 Å². The van der Waals surface area contributed by atoms with E-state index in [4.69, 9.17) is 31.1 Å². The molecule has 0 heterocycles. The third-order valence-corrected chi connectivity index (χ3v) is 3.27. The van der Waals surface area contributed by atoms with Crippen molar-refractivity contribution in [3.05, 3.63) is 28.8 Å². The van der Waals surface area contributed by atoms with Crippen LogP contribution in [-0.2, 0) is 9.47 Å². The Morgan fingerprint density at radius 3 is 2.39 bits per heavy atom. The number of benzene rings is 1. The molecule has 1 rings (SSSR count). The highest BCUT2D eigenvalue weighted by molar-refractivity contribution is 6.62. The zero-order valence-electron chi connectivity index (χ0n) is 13.0. The first-order valence-corrected chi connectivity index (χ1v) is 7.68. The van der Waals surface area contributed by atoms with Crippen molar-refractivity contribution in [1.29, 1.82) is 0 Å². The molecule has 1 aromatic rings. The van der Waals surface area contributed by atoms with Crippen LogP contribution in [0.4, 0.5) is 0 Å². The first-order chi connectivity index (χ1) is 11.1. The molecule has 128 valence electrons. The van der Waals surface area contributed by atoms with Gasteiger partial charge in [0.05, 0.1) is 26.4 Å². The molecule has 0 radical (unpaired) electrons. The standard InChI is InChI=1S/C14H22BClN2O5/c1-17-4-6-22-8-9-23-7-5-18-14(19)11-2-3-12(15(20)21)13(16)10-11/h2-3,10,17,20-21H,4-9H2,1H3,(H,18,19). The van der Waals surface area contributed by atoms with Crippen molar-refractivity contribution in [3.8, 4) is 0 Å². The summed E-state index contributed by atoms with van der Waals surface area (Å²) in [4.78, 5) is 11.9. The average Bonchev–Trinajstić information content (AvgIpc) is 2.52. The van der Waals surface area contributed by atoms with Crippen molar-refractivity contribution < 1.29 is 24.3 Å². The van der Waals surface area contributed by atoms with E-state index in [0.717, 1.165) is 6.54 Å². The highest BCUT2D eigenvalue weighted by Gasteiger charge is 2.16. The molecule has 7 nitrogen and oxygen atoms in total. The fraction of sp³-hybridized carbons (Fsp3) is 0.500. The minimum atomic E-state index is -1.66. The summed E-state index contributed by atoms with van der Waals surface area (Å²) in [5.74, 6) is -0.306. The molecule has 0 aliphatic rings. The molecule has 0 saturated carbocycles. The second-order valence-electron chi connectivity index (χ2n) is 4.69. The average molecular weight is 345 g/mol. The van der Waals surface area contributed by atoms with Gasteiger partial charge in [0, 0.05) is 29.1 Å². The number of ether oxygens (including phenoxy) is 2. The van der Waals surface area contributed by atoms with Crippen molar-refractivity contribution >= 4 is 30.1 Å². The summed E-state index contributed by atoms with van der Waals surface area (Å²) in [6.45, 7) is 3.14. The summed E-state index contributed by atoms with van der Waals surface area (Å²) < 4.78 is 10.6. The summed E-state index contributed by atoms with van der Waals surface area (Å²) in [5, 5.41) is 23.9. The predicted octanol–water partition coefficient (Wildman–Crippen LogP) is -0.998. The third-order valence-electron chi connectivity index (χ3n) is 2.94. The Labute approximate surface area is 141 Å². The van der Waals surface area contributed by atoms with Gasteiger partial charge in [0.2, 0.25) is 0 Å². The van der Waals surface area contributed by atoms with Gasteiger partial charge in [0.15, 0.2) is 0 Å². The summed E-state index contributed by atoms with van der Waals surface area (Å²) in [6, 6.07) is 4.27. The molecule has 1 aromatic carbocycles. The Kier molecular flexibility index (Phi) is 9.85. The first kappa shape index (κ1) is 19.9. The van der Waals surface area contributed by atoms with Crippen molar-refractivity contribution in [1.82, 2.24) is 10.6 Å². The van der Waals surface area contributed by atoms with Crippen molar-refractivity contribution in [2.45, 2.75) is 0 Å². The van der Waals surface area contributed by atoms with Gasteiger partial charge in [0.25, 0.3) is 5.91 Å². The summed E-state index contributed by atoms with van der Waals surface area (Å²) in [5.41, 5.74) is 0.500. The van der Waals surface area contributed by atoms with Crippen LogP contribution in [-0.4, -0.2) is 69.6 Å². The highest BCUT2D eigenvalue weighted by atomic mass is 35.5. The van der Waals surface area contributed by atoms with Gasteiger partial charge in [-0.15, -0.1) is 0 Å². The van der Waals surface area contributed by atoms with Crippen LogP contribution < -0.4 is 16.1 Å². The van der Waals surface area contributed by atoms with E-state index in [1.165, 1.54) is 18.2 Å². The number of likely N-dealkylation sites (N-methyl/N-ethyl adjacent to an activating group) is 1. The number of carbonyl (C=O) groups is 1. The molecule has 0 spiro atoms. The molecule has 9 heteroatoms. The van der Waals surface area contributed by atoms with Crippen LogP contribution in [0.15, 0.2) is 18.2 Å². The highest BCUT2D eigenvalue weighted by Crippen LogP contribution is 2.09. The quantitative estimate of drug-likeness (QED) is 0.304. The normalized spacial score (nSPS) is 10.6. The van der Waals surface area contributed by atoms with E-state index in [2.05, 4.69) is 10.6 Å². The van der Waals surface area contributed by atoms with Crippen molar-refractivity contribution in [2.75, 3.05) is 46.6 Å². The summed E-state index contributed by atoms with van der Waals surface area (Å²) in [7, 11) is 0.193. The van der Waals surface area contributed by atoms with Crippen LogP contribution in [0, 0.1) is 0 Å². The van der Waals surface area contributed by atoms with Crippen LogP contribution in [0.3, 0.4) is 0 Å². The topological polar surface area (TPSA) is 100 Å². The van der Waals surface area contributed by atoms with E-state index in [9.17, 15) is 4.79 Å². The first-order valence-electron chi connectivity index (χ1n) is 7.30. The molecule has 0 atom stereocenters. The number of rotatable bonds is 11. The maximum Gasteiger partial charge on any atom is 0.489 e. The predicted molar refractivity (Wildman–Crippen MR) is 89.2 cm³/mol. The van der Waals surface area contributed by atoms with E-state index in [1.54, 1.807) is 0 Å². The van der Waals surface area contributed by atoms with Crippen molar-refractivity contribution in [2.24, 2.45) is 0 Å². The minimum absolute atomic E-state index is 0.127. The molecule has 4 N–H and O–H groups in total. The molecule has 0 aliphatic heterocycles. The molecule has 0 aliphatic carbocycles. The zero-order valence-corrected chi connectivity index (χ0v) is 13.8. The molecule has 0 fully saturated rings. The number of amides is 1. The molecule has 23 heavy (non-hydrogen) atoms. The van der Waals surface area contributed by atoms with Gasteiger partial charge in [-0.3, -0.25) is 4.79 Å². The largest absolute Gasteiger partial charge is 0.489 e. The molecule has 0 aromatic heterocycles. The molecule has 0 saturated heterocycles. The van der Waals surface area contributed by atoms with Gasteiger partial charge in [0.1, 0.15) is 0 Å². The van der Waals surface area contributed by atoms with Gasteiger partial charge in [-0.05, 0) is 19.2 Å². The monoisotopic (exact) mass is 344 g/mol. The number of hydrogen-bond acceptors (Lipinski definition) is 6. The van der Waals surface area contributed by atoms with Crippen LogP contribution in [0.2, 0.25) is 5.02 Å². The molecular weight excluding hydrogens is 322 g/mol. The second kappa shape index (κ2) is 11.4. The van der Waals surface area contributed by atoms with E-state index in [1.807, 2.05) is 7.05 Å². The summed E-state index contributed by atoms with van der Waals surface area (Å²) in [6.07, 6.45) is 0. The van der Waals surface area contributed by atoms with Gasteiger partial charge in [-0.25, -0.2) is 0 Å². The lowest BCUT2D eigenvalue weighted by molar-refractivity contribution is 0.0497. The molecule has 0 bridgehead atoms. The second-order valence-corrected chi connectivity index (χ2v) is 5.10. The Morgan fingerprint density at radius 2 is 1.83 bits per heavy atom. The Morgan fingerprint density at radius 1 is 1.17 bits per heavy atom. The Hall–Kier alpha value is -1.16. The lowest BCUT2D eigenvalue weighted by Crippen LogP contribution is -2.32. The zero-order chi connectivity index (χ0) is 17.1. The van der Waals surface area contributed by atoms with Gasteiger partial charge >= 0.3 is 7.12 Å². The van der Waals surface area contributed by atoms with E-state index in [0.29, 0.717) is 38.5 Å². The fourth-order valence-electron chi connectivity index (χ4n) is 1.71. The molecular formula is C14H22BClN2O5. The van der Waals surface area contributed by atoms with E-state index in [-0.39, 0.29) is 16.4 Å². The lowest BCUT2D eigenvalue weighted by Gasteiger charge is -2.09.